The van der Waals surface area contributed by atoms with Crippen LogP contribution in [0.3, 0.4) is 0 Å². The summed E-state index contributed by atoms with van der Waals surface area (Å²) in [4.78, 5) is 0.0699. The van der Waals surface area contributed by atoms with Gasteiger partial charge in [-0.05, 0) is 33.4 Å². The van der Waals surface area contributed by atoms with Crippen molar-refractivity contribution in [1.82, 2.24) is 0 Å². The summed E-state index contributed by atoms with van der Waals surface area (Å²) in [6.45, 7) is 0. The summed E-state index contributed by atoms with van der Waals surface area (Å²) in [5.74, 6) is 0. The van der Waals surface area contributed by atoms with E-state index < -0.39 is 5.60 Å². The number of benzene rings is 4. The molecule has 0 saturated carbocycles. The molecule has 4 aromatic rings. The van der Waals surface area contributed by atoms with Crippen LogP contribution in [0.15, 0.2) is 103 Å². The number of hydrogen-bond donors (Lipinski definition) is 1. The van der Waals surface area contributed by atoms with Gasteiger partial charge in [-0.15, -0.1) is 0 Å². The number of rotatable bonds is 2. The molecule has 0 spiro atoms. The van der Waals surface area contributed by atoms with Crippen molar-refractivity contribution >= 4 is 31.9 Å². The van der Waals surface area contributed by atoms with Crippen LogP contribution in [-0.4, -0.2) is 5.11 Å². The third kappa shape index (κ3) is 2.99. The summed E-state index contributed by atoms with van der Waals surface area (Å²) in [5, 5.41) is 12.7. The molecule has 5 rings (SSSR count). The highest BCUT2D eigenvalue weighted by Gasteiger charge is 2.44. The largest absolute Gasteiger partial charge is 0.376 e. The van der Waals surface area contributed by atoms with Crippen molar-refractivity contribution in [3.05, 3.63) is 131 Å². The highest BCUT2D eigenvalue weighted by Crippen LogP contribution is 2.54. The van der Waals surface area contributed by atoms with E-state index in [1.165, 1.54) is 0 Å². The fourth-order valence-electron chi connectivity index (χ4n) is 4.55. The van der Waals surface area contributed by atoms with Crippen molar-refractivity contribution in [2.45, 2.75) is 15.3 Å². The zero-order valence-electron chi connectivity index (χ0n) is 16.2. The van der Waals surface area contributed by atoms with E-state index in [1.807, 2.05) is 72.8 Å². The minimum atomic E-state index is -1.28. The lowest BCUT2D eigenvalue weighted by atomic mass is 9.75. The van der Waals surface area contributed by atoms with E-state index in [-0.39, 0.29) is 9.65 Å². The van der Waals surface area contributed by atoms with Crippen LogP contribution in [0.2, 0.25) is 0 Å². The fraction of sp³-hybridized carbons (Fsp3) is 0.111. The van der Waals surface area contributed by atoms with Crippen LogP contribution < -0.4 is 0 Å². The quantitative estimate of drug-likeness (QED) is 0.271. The van der Waals surface area contributed by atoms with Gasteiger partial charge in [0.1, 0.15) is 5.60 Å². The Morgan fingerprint density at radius 2 is 0.967 bits per heavy atom. The van der Waals surface area contributed by atoms with Crippen LogP contribution in [0.25, 0.3) is 11.1 Å². The lowest BCUT2D eigenvalue weighted by Crippen LogP contribution is -2.31. The van der Waals surface area contributed by atoms with E-state index in [1.54, 1.807) is 0 Å². The predicted molar refractivity (Wildman–Crippen MR) is 130 cm³/mol. The molecule has 0 aliphatic heterocycles. The summed E-state index contributed by atoms with van der Waals surface area (Å²) in [5.41, 5.74) is 5.71. The van der Waals surface area contributed by atoms with Crippen LogP contribution in [-0.2, 0) is 5.60 Å². The Kier molecular flexibility index (Phi) is 5.14. The molecule has 148 valence electrons. The Morgan fingerprint density at radius 3 is 1.53 bits per heavy atom. The highest BCUT2D eigenvalue weighted by molar-refractivity contribution is 9.12. The predicted octanol–water partition coefficient (Wildman–Crippen LogP) is 7.52. The van der Waals surface area contributed by atoms with E-state index in [4.69, 9.17) is 0 Å². The summed E-state index contributed by atoms with van der Waals surface area (Å²) in [6, 6.07) is 34.8. The normalized spacial score (nSPS) is 22.6. The lowest BCUT2D eigenvalue weighted by molar-refractivity contribution is 0.125. The van der Waals surface area contributed by atoms with Gasteiger partial charge in [-0.1, -0.05) is 135 Å². The van der Waals surface area contributed by atoms with Crippen LogP contribution in [0.5, 0.6) is 0 Å². The van der Waals surface area contributed by atoms with Gasteiger partial charge < -0.3 is 5.11 Å². The molecular formula is C27H20Br2O. The Morgan fingerprint density at radius 1 is 0.533 bits per heavy atom. The smallest absolute Gasteiger partial charge is 0.141 e. The molecule has 0 heterocycles. The van der Waals surface area contributed by atoms with Crippen molar-refractivity contribution in [2.75, 3.05) is 0 Å². The molecule has 0 radical (unpaired) electrons. The molecule has 0 saturated heterocycles. The second-order valence-corrected chi connectivity index (χ2v) is 9.57. The van der Waals surface area contributed by atoms with Crippen molar-refractivity contribution in [3.63, 3.8) is 0 Å². The van der Waals surface area contributed by atoms with Gasteiger partial charge in [0, 0.05) is 5.56 Å². The fourth-order valence-corrected chi connectivity index (χ4v) is 5.92. The topological polar surface area (TPSA) is 20.2 Å². The van der Waals surface area contributed by atoms with Crippen molar-refractivity contribution in [2.24, 2.45) is 0 Å². The summed E-state index contributed by atoms with van der Waals surface area (Å²) >= 11 is 7.80. The molecule has 0 amide bonds. The maximum Gasteiger partial charge on any atom is 0.141 e. The number of hydrogen-bond acceptors (Lipinski definition) is 1. The Hall–Kier alpha value is -2.20. The Balaban J connectivity index is 1.90. The first kappa shape index (κ1) is 19.7. The molecule has 3 heteroatoms. The third-order valence-corrected chi connectivity index (χ3v) is 8.71. The minimum absolute atomic E-state index is 0.0350. The summed E-state index contributed by atoms with van der Waals surface area (Å²) < 4.78 is 0. The maximum atomic E-state index is 12.7. The molecule has 1 aliphatic carbocycles. The maximum absolute atomic E-state index is 12.7. The summed E-state index contributed by atoms with van der Waals surface area (Å²) in [6.07, 6.45) is 0. The van der Waals surface area contributed by atoms with Gasteiger partial charge >= 0.3 is 0 Å². The molecule has 1 nitrogen and oxygen atoms in total. The second kappa shape index (κ2) is 7.81. The number of aliphatic hydroxyl groups is 1. The Bertz CT molecular complexity index is 1150. The molecule has 1 aliphatic rings. The van der Waals surface area contributed by atoms with Gasteiger partial charge in [0.25, 0.3) is 0 Å². The number of halogens is 2. The molecule has 2 unspecified atom stereocenters. The van der Waals surface area contributed by atoms with Crippen LogP contribution in [0, 0.1) is 0 Å². The summed E-state index contributed by atoms with van der Waals surface area (Å²) in [7, 11) is 0. The molecule has 4 aromatic carbocycles. The van der Waals surface area contributed by atoms with Gasteiger partial charge in [-0.25, -0.2) is 0 Å². The zero-order valence-corrected chi connectivity index (χ0v) is 19.3. The number of alkyl halides is 2. The molecule has 0 bridgehead atoms. The molecule has 0 fully saturated rings. The van der Waals surface area contributed by atoms with Gasteiger partial charge in [-0.3, -0.25) is 0 Å². The number of fused-ring (bicyclic) bond motifs is 2. The third-order valence-electron chi connectivity index (χ3n) is 5.95. The van der Waals surface area contributed by atoms with Crippen molar-refractivity contribution in [1.29, 1.82) is 0 Å². The molecular weight excluding hydrogens is 500 g/mol. The van der Waals surface area contributed by atoms with Gasteiger partial charge in [0.15, 0.2) is 0 Å². The van der Waals surface area contributed by atoms with Crippen LogP contribution >= 0.6 is 31.9 Å². The average molecular weight is 520 g/mol. The highest BCUT2D eigenvalue weighted by atomic mass is 79.9. The van der Waals surface area contributed by atoms with E-state index in [0.29, 0.717) is 0 Å². The Labute approximate surface area is 193 Å². The minimum Gasteiger partial charge on any atom is -0.376 e. The monoisotopic (exact) mass is 518 g/mol. The first-order chi connectivity index (χ1) is 14.6. The van der Waals surface area contributed by atoms with E-state index in [9.17, 15) is 5.11 Å². The van der Waals surface area contributed by atoms with Crippen molar-refractivity contribution in [3.8, 4) is 11.1 Å². The van der Waals surface area contributed by atoms with E-state index in [0.717, 1.165) is 38.9 Å². The first-order valence-corrected chi connectivity index (χ1v) is 11.8. The SMILES string of the molecule is OC1(c2ccccc2-c2ccccc2)c2ccccc2C(Br)C(Br)c2ccccc21. The van der Waals surface area contributed by atoms with Crippen LogP contribution in [0.1, 0.15) is 37.5 Å². The molecule has 2 atom stereocenters. The van der Waals surface area contributed by atoms with E-state index in [2.05, 4.69) is 62.2 Å². The first-order valence-electron chi connectivity index (χ1n) is 9.96. The standard InChI is InChI=1S/C27H20Br2O/c28-25-20-13-5-8-16-23(20)27(30,24-17-9-6-14-21(24)26(25)29)22-15-7-4-12-19(22)18-10-2-1-3-11-18/h1-17,25-26,30H. The van der Waals surface area contributed by atoms with Crippen LogP contribution in [0.4, 0.5) is 0 Å². The van der Waals surface area contributed by atoms with Crippen molar-refractivity contribution < 1.29 is 5.11 Å². The molecule has 30 heavy (non-hydrogen) atoms. The molecule has 0 aromatic heterocycles. The van der Waals surface area contributed by atoms with E-state index >= 15 is 0 Å². The lowest BCUT2D eigenvalue weighted by Gasteiger charge is -2.33. The molecule has 1 N–H and O–H groups in total. The van der Waals surface area contributed by atoms with Gasteiger partial charge in [-0.2, -0.15) is 0 Å². The average Bonchev–Trinajstić information content (AvgIpc) is 2.89. The van der Waals surface area contributed by atoms with Gasteiger partial charge in [0.2, 0.25) is 0 Å². The second-order valence-electron chi connectivity index (χ2n) is 7.60. The zero-order chi connectivity index (χ0) is 20.7. The van der Waals surface area contributed by atoms with Gasteiger partial charge in [0.05, 0.1) is 9.65 Å².